The maximum atomic E-state index is 6.21. The van der Waals surface area contributed by atoms with Gasteiger partial charge >= 0.3 is 0 Å². The number of nitrogens with one attached hydrogen (secondary N) is 1. The van der Waals surface area contributed by atoms with E-state index in [4.69, 9.17) is 23.2 Å². The first kappa shape index (κ1) is 10.6. The molecule has 1 heterocycles. The number of halogens is 2. The molecule has 2 nitrogen and oxygen atoms in total. The summed E-state index contributed by atoms with van der Waals surface area (Å²) < 4.78 is 0. The highest BCUT2D eigenvalue weighted by atomic mass is 35.5. The largest absolute Gasteiger partial charge is 0.277 e. The minimum Gasteiger partial charge on any atom is -0.277 e. The molecule has 0 radical (unpaired) electrons. The molecule has 0 aliphatic carbocycles. The minimum absolute atomic E-state index is 0.635. The van der Waals surface area contributed by atoms with Crippen LogP contribution in [0.25, 0.3) is 22.0 Å². The molecule has 0 saturated carbocycles. The second-order valence-electron chi connectivity index (χ2n) is 3.76. The van der Waals surface area contributed by atoms with Crippen LogP contribution in [0.2, 0.25) is 10.0 Å². The number of hydrogen-bond donors (Lipinski definition) is 1. The number of H-pyrrole nitrogens is 1. The molecule has 3 aromatic rings. The molecular weight excluding hydrogens is 255 g/mol. The first-order valence-corrected chi connectivity index (χ1v) is 5.89. The summed E-state index contributed by atoms with van der Waals surface area (Å²) in [5.41, 5.74) is 2.96. The van der Waals surface area contributed by atoms with Gasteiger partial charge in [0.2, 0.25) is 0 Å². The average Bonchev–Trinajstić information content (AvgIpc) is 2.77. The number of rotatable bonds is 1. The summed E-state index contributed by atoms with van der Waals surface area (Å²) in [6.45, 7) is 0. The lowest BCUT2D eigenvalue weighted by atomic mass is 10.0. The quantitative estimate of drug-likeness (QED) is 0.686. The first-order valence-electron chi connectivity index (χ1n) is 5.13. The zero-order valence-corrected chi connectivity index (χ0v) is 10.3. The third-order valence-electron chi connectivity index (χ3n) is 2.70. The van der Waals surface area contributed by atoms with Gasteiger partial charge in [-0.1, -0.05) is 47.5 Å². The van der Waals surface area contributed by atoms with Crippen molar-refractivity contribution in [3.8, 4) is 11.1 Å². The molecule has 4 heteroatoms. The van der Waals surface area contributed by atoms with E-state index in [9.17, 15) is 0 Å². The normalized spacial score (nSPS) is 10.9. The fourth-order valence-corrected chi connectivity index (χ4v) is 2.41. The van der Waals surface area contributed by atoms with Crippen molar-refractivity contribution >= 4 is 34.1 Å². The van der Waals surface area contributed by atoms with Crippen molar-refractivity contribution in [1.82, 2.24) is 10.2 Å². The van der Waals surface area contributed by atoms with Gasteiger partial charge in [0.25, 0.3) is 0 Å². The zero-order valence-electron chi connectivity index (χ0n) is 8.74. The maximum Gasteiger partial charge on any atom is 0.0729 e. The Bertz CT molecular complexity index is 689. The van der Waals surface area contributed by atoms with E-state index in [1.165, 1.54) is 0 Å². The molecule has 0 unspecified atom stereocenters. The SMILES string of the molecule is Clc1ccc(-c2cccc3cn[nH]c23)c(Cl)c1. The molecule has 0 fully saturated rings. The predicted molar refractivity (Wildman–Crippen MR) is 71.5 cm³/mol. The van der Waals surface area contributed by atoms with Crippen molar-refractivity contribution in [2.24, 2.45) is 0 Å². The summed E-state index contributed by atoms with van der Waals surface area (Å²) in [7, 11) is 0. The van der Waals surface area contributed by atoms with Crippen molar-refractivity contribution in [1.29, 1.82) is 0 Å². The van der Waals surface area contributed by atoms with Crippen LogP contribution >= 0.6 is 23.2 Å². The first-order chi connectivity index (χ1) is 8.25. The maximum absolute atomic E-state index is 6.21. The van der Waals surface area contributed by atoms with Crippen LogP contribution < -0.4 is 0 Å². The Hall–Kier alpha value is -1.51. The van der Waals surface area contributed by atoms with Gasteiger partial charge in [-0.2, -0.15) is 5.10 Å². The molecule has 0 bridgehead atoms. The third-order valence-corrected chi connectivity index (χ3v) is 3.25. The standard InChI is InChI=1S/C13H8Cl2N2/c14-9-4-5-10(12(15)6-9)11-3-1-2-8-7-16-17-13(8)11/h1-7H,(H,16,17). The van der Waals surface area contributed by atoms with Crippen molar-refractivity contribution < 1.29 is 0 Å². The summed E-state index contributed by atoms with van der Waals surface area (Å²) in [6, 6.07) is 11.5. The second-order valence-corrected chi connectivity index (χ2v) is 4.61. The van der Waals surface area contributed by atoms with Crippen molar-refractivity contribution in [2.45, 2.75) is 0 Å². The number of fused-ring (bicyclic) bond motifs is 1. The Morgan fingerprint density at radius 3 is 2.71 bits per heavy atom. The predicted octanol–water partition coefficient (Wildman–Crippen LogP) is 4.54. The summed E-state index contributed by atoms with van der Waals surface area (Å²) in [6.07, 6.45) is 1.79. The summed E-state index contributed by atoms with van der Waals surface area (Å²) >= 11 is 12.1. The van der Waals surface area contributed by atoms with Gasteiger partial charge in [-0.25, -0.2) is 0 Å². The van der Waals surface area contributed by atoms with Crippen molar-refractivity contribution in [2.75, 3.05) is 0 Å². The van der Waals surface area contributed by atoms with E-state index < -0.39 is 0 Å². The van der Waals surface area contributed by atoms with Gasteiger partial charge in [-0.3, -0.25) is 5.10 Å². The van der Waals surface area contributed by atoms with Gasteiger partial charge in [-0.05, 0) is 12.1 Å². The fourth-order valence-electron chi connectivity index (χ4n) is 1.90. The highest BCUT2D eigenvalue weighted by Gasteiger charge is 2.08. The second kappa shape index (κ2) is 4.06. The smallest absolute Gasteiger partial charge is 0.0729 e. The van der Waals surface area contributed by atoms with Crippen LogP contribution in [0.4, 0.5) is 0 Å². The highest BCUT2D eigenvalue weighted by molar-refractivity contribution is 6.36. The Kier molecular flexibility index (Phi) is 2.54. The Morgan fingerprint density at radius 1 is 1.00 bits per heavy atom. The van der Waals surface area contributed by atoms with Crippen molar-refractivity contribution in [3.63, 3.8) is 0 Å². The van der Waals surface area contributed by atoms with Crippen LogP contribution in [0.15, 0.2) is 42.6 Å². The van der Waals surface area contributed by atoms with Gasteiger partial charge < -0.3 is 0 Å². The summed E-state index contributed by atoms with van der Waals surface area (Å²) in [4.78, 5) is 0. The molecule has 1 aromatic heterocycles. The number of nitrogens with zero attached hydrogens (tertiary/aromatic N) is 1. The fraction of sp³-hybridized carbons (Fsp3) is 0. The van der Waals surface area contributed by atoms with Gasteiger partial charge in [0, 0.05) is 26.6 Å². The molecule has 0 spiro atoms. The molecule has 1 N–H and O–H groups in total. The molecule has 2 aromatic carbocycles. The van der Waals surface area contributed by atoms with Crippen molar-refractivity contribution in [3.05, 3.63) is 52.6 Å². The van der Waals surface area contributed by atoms with E-state index >= 15 is 0 Å². The molecule has 84 valence electrons. The molecule has 0 saturated heterocycles. The lowest BCUT2D eigenvalue weighted by Gasteiger charge is -2.06. The van der Waals surface area contributed by atoms with E-state index in [0.29, 0.717) is 10.0 Å². The van der Waals surface area contributed by atoms with Crippen LogP contribution in [0, 0.1) is 0 Å². The van der Waals surface area contributed by atoms with Crippen LogP contribution in [0.5, 0.6) is 0 Å². The zero-order chi connectivity index (χ0) is 11.8. The number of para-hydroxylation sites is 1. The molecular formula is C13H8Cl2N2. The lowest BCUT2D eigenvalue weighted by molar-refractivity contribution is 1.12. The third kappa shape index (κ3) is 1.79. The Morgan fingerprint density at radius 2 is 1.88 bits per heavy atom. The van der Waals surface area contributed by atoms with E-state index in [0.717, 1.165) is 22.0 Å². The Balaban J connectivity index is 2.30. The van der Waals surface area contributed by atoms with Crippen LogP contribution in [0.1, 0.15) is 0 Å². The highest BCUT2D eigenvalue weighted by Crippen LogP contribution is 2.33. The topological polar surface area (TPSA) is 28.7 Å². The number of aromatic nitrogens is 2. The van der Waals surface area contributed by atoms with E-state index in [2.05, 4.69) is 10.2 Å². The van der Waals surface area contributed by atoms with Gasteiger partial charge in [0.05, 0.1) is 11.7 Å². The van der Waals surface area contributed by atoms with Gasteiger partial charge in [-0.15, -0.1) is 0 Å². The molecule has 0 amide bonds. The number of hydrogen-bond acceptors (Lipinski definition) is 1. The van der Waals surface area contributed by atoms with E-state index in [1.807, 2.05) is 30.3 Å². The van der Waals surface area contributed by atoms with Gasteiger partial charge in [0.1, 0.15) is 0 Å². The van der Waals surface area contributed by atoms with E-state index in [1.54, 1.807) is 12.3 Å². The van der Waals surface area contributed by atoms with Crippen LogP contribution in [0.3, 0.4) is 0 Å². The van der Waals surface area contributed by atoms with Gasteiger partial charge in [0.15, 0.2) is 0 Å². The molecule has 0 aliphatic heterocycles. The molecule has 3 rings (SSSR count). The number of aromatic amines is 1. The van der Waals surface area contributed by atoms with Crippen LogP contribution in [-0.2, 0) is 0 Å². The lowest BCUT2D eigenvalue weighted by Crippen LogP contribution is -1.82. The molecule has 0 atom stereocenters. The minimum atomic E-state index is 0.635. The monoisotopic (exact) mass is 262 g/mol. The average molecular weight is 263 g/mol. The van der Waals surface area contributed by atoms with Crippen LogP contribution in [-0.4, -0.2) is 10.2 Å². The number of benzene rings is 2. The van der Waals surface area contributed by atoms with E-state index in [-0.39, 0.29) is 0 Å². The molecule has 17 heavy (non-hydrogen) atoms. The Labute approximate surface area is 108 Å². The summed E-state index contributed by atoms with van der Waals surface area (Å²) in [5.74, 6) is 0. The summed E-state index contributed by atoms with van der Waals surface area (Å²) in [5, 5.41) is 9.36. The molecule has 0 aliphatic rings.